The van der Waals surface area contributed by atoms with E-state index in [0.29, 0.717) is 25.1 Å². The van der Waals surface area contributed by atoms with Crippen molar-refractivity contribution in [2.45, 2.75) is 71.9 Å². The summed E-state index contributed by atoms with van der Waals surface area (Å²) in [6.45, 7) is 12.9. The van der Waals surface area contributed by atoms with Crippen LogP contribution in [0.15, 0.2) is 51.9 Å². The number of carbonyl (C=O) groups is 1. The van der Waals surface area contributed by atoms with E-state index in [2.05, 4.69) is 24.2 Å². The fourth-order valence-corrected chi connectivity index (χ4v) is 7.13. The molecule has 3 aromatic rings. The number of aryl methyl sites for hydroxylation is 4. The standard InChI is InChI=1S/C31H39N3O4S/c1-21(2)34(20-26-10-8-7-9-11-26)31(35)27-14-16-33(17-15-27)39(36,37)30-25(6)32-38-29(30)13-12-28-23(4)18-22(3)19-24(28)5/h7-13,18-19,21,27H,14-17,20H2,1-6H3. The van der Waals surface area contributed by atoms with E-state index in [1.165, 1.54) is 9.87 Å². The minimum atomic E-state index is -3.84. The van der Waals surface area contributed by atoms with E-state index in [-0.39, 0.29) is 41.6 Å². The predicted molar refractivity (Wildman–Crippen MR) is 154 cm³/mol. The van der Waals surface area contributed by atoms with Gasteiger partial charge in [-0.25, -0.2) is 8.42 Å². The van der Waals surface area contributed by atoms with Crippen molar-refractivity contribution in [1.82, 2.24) is 14.4 Å². The fourth-order valence-electron chi connectivity index (χ4n) is 5.41. The molecule has 1 saturated heterocycles. The zero-order valence-electron chi connectivity index (χ0n) is 23.8. The Kier molecular flexibility index (Phi) is 8.76. The van der Waals surface area contributed by atoms with Gasteiger partial charge in [0.15, 0.2) is 10.7 Å². The lowest BCUT2D eigenvalue weighted by Crippen LogP contribution is -2.46. The van der Waals surface area contributed by atoms with Gasteiger partial charge in [0, 0.05) is 31.6 Å². The number of hydrogen-bond acceptors (Lipinski definition) is 5. The van der Waals surface area contributed by atoms with Crippen LogP contribution in [0.1, 0.15) is 66.0 Å². The number of aromatic nitrogens is 1. The summed E-state index contributed by atoms with van der Waals surface area (Å²) in [5, 5.41) is 3.98. The Labute approximate surface area is 232 Å². The minimum Gasteiger partial charge on any atom is -0.355 e. The highest BCUT2D eigenvalue weighted by Crippen LogP contribution is 2.31. The van der Waals surface area contributed by atoms with Crippen LogP contribution in [0.3, 0.4) is 0 Å². The summed E-state index contributed by atoms with van der Waals surface area (Å²) >= 11 is 0. The molecule has 0 aliphatic carbocycles. The zero-order chi connectivity index (χ0) is 28.3. The van der Waals surface area contributed by atoms with Gasteiger partial charge in [-0.3, -0.25) is 4.79 Å². The molecule has 0 bridgehead atoms. The average molecular weight is 550 g/mol. The maximum Gasteiger partial charge on any atom is 0.248 e. The van der Waals surface area contributed by atoms with E-state index in [0.717, 1.165) is 22.3 Å². The number of hydrogen-bond donors (Lipinski definition) is 0. The van der Waals surface area contributed by atoms with Crippen molar-refractivity contribution in [3.63, 3.8) is 0 Å². The van der Waals surface area contributed by atoms with Crippen molar-refractivity contribution in [2.24, 2.45) is 5.92 Å². The molecule has 0 spiro atoms. The lowest BCUT2D eigenvalue weighted by atomic mass is 9.95. The molecule has 1 aromatic heterocycles. The van der Waals surface area contributed by atoms with Crippen LogP contribution in [-0.4, -0.2) is 47.8 Å². The highest BCUT2D eigenvalue weighted by molar-refractivity contribution is 7.89. The molecule has 2 aromatic carbocycles. The molecular weight excluding hydrogens is 510 g/mol. The van der Waals surface area contributed by atoms with Crippen LogP contribution in [0, 0.1) is 33.6 Å². The summed E-state index contributed by atoms with van der Waals surface area (Å²) in [7, 11) is -3.84. The number of amides is 1. The lowest BCUT2D eigenvalue weighted by molar-refractivity contribution is -0.139. The van der Waals surface area contributed by atoms with E-state index < -0.39 is 10.0 Å². The van der Waals surface area contributed by atoms with Gasteiger partial charge in [-0.1, -0.05) is 59.3 Å². The van der Waals surface area contributed by atoms with E-state index in [9.17, 15) is 13.2 Å². The van der Waals surface area contributed by atoms with Gasteiger partial charge >= 0.3 is 0 Å². The third kappa shape index (κ3) is 6.34. The van der Waals surface area contributed by atoms with Crippen molar-refractivity contribution in [2.75, 3.05) is 13.1 Å². The molecular formula is C31H39N3O4S. The van der Waals surface area contributed by atoms with Crippen molar-refractivity contribution in [1.29, 1.82) is 0 Å². The summed E-state index contributed by atoms with van der Waals surface area (Å²) in [4.78, 5) is 15.4. The van der Waals surface area contributed by atoms with E-state index >= 15 is 0 Å². The first-order valence-electron chi connectivity index (χ1n) is 13.6. The first-order chi connectivity index (χ1) is 18.5. The first-order valence-corrected chi connectivity index (χ1v) is 15.0. The second-order valence-corrected chi connectivity index (χ2v) is 12.7. The van der Waals surface area contributed by atoms with Gasteiger partial charge in [0.05, 0.1) is 0 Å². The molecule has 0 N–H and O–H groups in total. The molecule has 7 nitrogen and oxygen atoms in total. The SMILES string of the molecule is Cc1cc(C)c(C=Cc2onc(C)c2S(=O)(=O)N2CCC(C(=O)N(Cc3ccccc3)C(C)C)CC2)c(C)c1. The predicted octanol–water partition coefficient (Wildman–Crippen LogP) is 5.92. The average Bonchev–Trinajstić information content (AvgIpc) is 3.27. The molecule has 4 rings (SSSR count). The quantitative estimate of drug-likeness (QED) is 0.348. The Bertz CT molecular complexity index is 1430. The molecule has 208 valence electrons. The molecule has 1 fully saturated rings. The normalized spacial score (nSPS) is 15.4. The minimum absolute atomic E-state index is 0.0503. The third-order valence-electron chi connectivity index (χ3n) is 7.48. The van der Waals surface area contributed by atoms with Gasteiger partial charge in [0.25, 0.3) is 0 Å². The third-order valence-corrected chi connectivity index (χ3v) is 9.53. The van der Waals surface area contributed by atoms with Crippen molar-refractivity contribution >= 4 is 28.1 Å². The molecule has 0 unspecified atom stereocenters. The van der Waals surface area contributed by atoms with Gasteiger partial charge < -0.3 is 9.42 Å². The Morgan fingerprint density at radius 3 is 2.26 bits per heavy atom. The van der Waals surface area contributed by atoms with Crippen molar-refractivity contribution in [3.05, 3.63) is 81.7 Å². The van der Waals surface area contributed by atoms with E-state index in [1.807, 2.05) is 69.0 Å². The summed E-state index contributed by atoms with van der Waals surface area (Å²) in [6, 6.07) is 14.2. The Morgan fingerprint density at radius 1 is 1.05 bits per heavy atom. The van der Waals surface area contributed by atoms with E-state index in [1.54, 1.807) is 13.0 Å². The molecule has 1 aliphatic heterocycles. The molecule has 0 saturated carbocycles. The molecule has 1 amide bonds. The van der Waals surface area contributed by atoms with Crippen LogP contribution in [0.4, 0.5) is 0 Å². The van der Waals surface area contributed by atoms with Crippen molar-refractivity contribution < 1.29 is 17.7 Å². The summed E-state index contributed by atoms with van der Waals surface area (Å²) in [6.07, 6.45) is 4.54. The maximum absolute atomic E-state index is 13.7. The Hall–Kier alpha value is -3.23. The molecule has 2 heterocycles. The van der Waals surface area contributed by atoms with Crippen molar-refractivity contribution in [3.8, 4) is 0 Å². The number of piperidine rings is 1. The maximum atomic E-state index is 13.7. The van der Waals surface area contributed by atoms with Gasteiger partial charge in [0.1, 0.15) is 5.69 Å². The van der Waals surface area contributed by atoms with Crippen LogP contribution in [0.25, 0.3) is 12.2 Å². The van der Waals surface area contributed by atoms with Crippen LogP contribution in [0.5, 0.6) is 0 Å². The number of benzene rings is 2. The summed E-state index contributed by atoms with van der Waals surface area (Å²) in [5.41, 5.74) is 5.85. The topological polar surface area (TPSA) is 83.7 Å². The molecule has 0 radical (unpaired) electrons. The number of rotatable bonds is 8. The monoisotopic (exact) mass is 549 g/mol. The number of nitrogens with zero attached hydrogens (tertiary/aromatic N) is 3. The lowest BCUT2D eigenvalue weighted by Gasteiger charge is -2.35. The fraction of sp³-hybridized carbons (Fsp3) is 0.419. The Morgan fingerprint density at radius 2 is 1.67 bits per heavy atom. The number of carbonyl (C=O) groups excluding carboxylic acids is 1. The van der Waals surface area contributed by atoms with E-state index in [4.69, 9.17) is 4.52 Å². The smallest absolute Gasteiger partial charge is 0.248 e. The highest BCUT2D eigenvalue weighted by atomic mass is 32.2. The largest absolute Gasteiger partial charge is 0.355 e. The van der Waals surface area contributed by atoms with Crippen LogP contribution < -0.4 is 0 Å². The van der Waals surface area contributed by atoms with Gasteiger partial charge in [-0.15, -0.1) is 0 Å². The second-order valence-electron chi connectivity index (χ2n) is 10.8. The summed E-state index contributed by atoms with van der Waals surface area (Å²) < 4.78 is 34.4. The zero-order valence-corrected chi connectivity index (χ0v) is 24.6. The van der Waals surface area contributed by atoms with Crippen LogP contribution in [0.2, 0.25) is 0 Å². The molecule has 0 atom stereocenters. The Balaban J connectivity index is 1.49. The van der Waals surface area contributed by atoms with Crippen LogP contribution >= 0.6 is 0 Å². The first kappa shape index (κ1) is 28.8. The second kappa shape index (κ2) is 11.9. The molecule has 8 heteroatoms. The highest BCUT2D eigenvalue weighted by Gasteiger charge is 2.37. The summed E-state index contributed by atoms with van der Waals surface area (Å²) in [5.74, 6) is 0.0939. The van der Waals surface area contributed by atoms with Gasteiger partial charge in [-0.2, -0.15) is 4.31 Å². The molecule has 1 aliphatic rings. The van der Waals surface area contributed by atoms with Gasteiger partial charge in [0.2, 0.25) is 15.9 Å². The molecule has 39 heavy (non-hydrogen) atoms. The number of sulfonamides is 1. The van der Waals surface area contributed by atoms with Crippen LogP contribution in [-0.2, 0) is 21.4 Å². The van der Waals surface area contributed by atoms with Gasteiger partial charge in [-0.05, 0) is 82.7 Å².